The zero-order valence-electron chi connectivity index (χ0n) is 15.8. The summed E-state index contributed by atoms with van der Waals surface area (Å²) in [5, 5.41) is 18.6. The number of benzene rings is 2. The highest BCUT2D eigenvalue weighted by atomic mass is 32.2. The van der Waals surface area contributed by atoms with E-state index >= 15 is 0 Å². The van der Waals surface area contributed by atoms with Crippen molar-refractivity contribution in [1.82, 2.24) is 19.6 Å². The zero-order chi connectivity index (χ0) is 20.7. The van der Waals surface area contributed by atoms with E-state index in [-0.39, 0.29) is 23.5 Å². The van der Waals surface area contributed by atoms with E-state index in [1.165, 1.54) is 16.1 Å². The summed E-state index contributed by atoms with van der Waals surface area (Å²) in [5.74, 6) is 0. The highest BCUT2D eigenvalue weighted by molar-refractivity contribution is 7.99. The van der Waals surface area contributed by atoms with Crippen LogP contribution in [-0.2, 0) is 10.0 Å². The molecule has 0 spiro atoms. The van der Waals surface area contributed by atoms with Gasteiger partial charge in [-0.2, -0.15) is 4.31 Å². The predicted molar refractivity (Wildman–Crippen MR) is 112 cm³/mol. The monoisotopic (exact) mass is 442 g/mol. The fourth-order valence-corrected chi connectivity index (χ4v) is 6.22. The molecule has 1 aliphatic rings. The Hall–Kier alpha value is -2.53. The maximum atomic E-state index is 13.2. The Morgan fingerprint density at radius 2 is 1.70 bits per heavy atom. The maximum absolute atomic E-state index is 13.2. The minimum atomic E-state index is -3.77. The number of piperidine rings is 1. The molecule has 0 amide bonds. The summed E-state index contributed by atoms with van der Waals surface area (Å²) in [5.41, 5.74) is 1.46. The van der Waals surface area contributed by atoms with Gasteiger partial charge in [-0.15, -0.1) is 0 Å². The lowest BCUT2D eigenvalue weighted by molar-refractivity contribution is 0.113. The molecule has 30 heavy (non-hydrogen) atoms. The molecule has 1 N–H and O–H groups in total. The standard InChI is InChI=1S/C20H18N4O4S2/c25-14-8-11-24(12-9-14)30(26,27)17-7-6-16(19-20(17)23-28-22-19)29-15-5-1-3-13-4-2-10-21-18(13)15/h1-7,10,14,25H,8-9,11-12H2. The predicted octanol–water partition coefficient (Wildman–Crippen LogP) is 3.07. The van der Waals surface area contributed by atoms with Crippen LogP contribution in [0.2, 0.25) is 0 Å². The normalized spacial score (nSPS) is 16.4. The molecule has 1 aliphatic heterocycles. The number of para-hydroxylation sites is 1. The molecule has 0 unspecified atom stereocenters. The highest BCUT2D eigenvalue weighted by Gasteiger charge is 2.32. The number of pyridine rings is 1. The molecule has 3 heterocycles. The van der Waals surface area contributed by atoms with Gasteiger partial charge in [0.1, 0.15) is 4.90 Å². The Kier molecular flexibility index (Phi) is 4.94. The molecule has 0 radical (unpaired) electrons. The van der Waals surface area contributed by atoms with E-state index in [2.05, 4.69) is 15.3 Å². The number of hydrogen-bond acceptors (Lipinski definition) is 8. The molecule has 0 atom stereocenters. The van der Waals surface area contributed by atoms with E-state index in [0.717, 1.165) is 20.7 Å². The smallest absolute Gasteiger partial charge is 0.245 e. The molecule has 5 rings (SSSR count). The number of hydrogen-bond donors (Lipinski definition) is 1. The molecule has 1 saturated heterocycles. The Balaban J connectivity index is 1.55. The fourth-order valence-electron chi connectivity index (χ4n) is 3.61. The van der Waals surface area contributed by atoms with Gasteiger partial charge in [0.2, 0.25) is 10.0 Å². The second kappa shape index (κ2) is 7.62. The second-order valence-corrected chi connectivity index (χ2v) is 10.1. The first-order valence-corrected chi connectivity index (χ1v) is 11.7. The first kappa shape index (κ1) is 19.4. The van der Waals surface area contributed by atoms with Crippen molar-refractivity contribution >= 4 is 43.7 Å². The van der Waals surface area contributed by atoms with Crippen LogP contribution in [-0.4, -0.2) is 52.3 Å². The molecule has 154 valence electrons. The van der Waals surface area contributed by atoms with Gasteiger partial charge in [-0.1, -0.05) is 30.0 Å². The van der Waals surface area contributed by atoms with E-state index in [1.807, 2.05) is 30.3 Å². The van der Waals surface area contributed by atoms with E-state index in [4.69, 9.17) is 4.63 Å². The van der Waals surface area contributed by atoms with Crippen molar-refractivity contribution in [1.29, 1.82) is 0 Å². The van der Waals surface area contributed by atoms with Crippen molar-refractivity contribution in [3.63, 3.8) is 0 Å². The number of aliphatic hydroxyl groups excluding tert-OH is 1. The van der Waals surface area contributed by atoms with Crippen LogP contribution < -0.4 is 0 Å². The summed E-state index contributed by atoms with van der Waals surface area (Å²) in [4.78, 5) is 6.19. The van der Waals surface area contributed by atoms with Crippen molar-refractivity contribution in [3.05, 3.63) is 48.7 Å². The van der Waals surface area contributed by atoms with E-state index in [0.29, 0.717) is 18.4 Å². The summed E-state index contributed by atoms with van der Waals surface area (Å²) in [6, 6.07) is 13.1. The van der Waals surface area contributed by atoms with Gasteiger partial charge in [-0.25, -0.2) is 13.0 Å². The summed E-state index contributed by atoms with van der Waals surface area (Å²) in [7, 11) is -3.77. The van der Waals surface area contributed by atoms with Crippen LogP contribution in [0.25, 0.3) is 21.9 Å². The SMILES string of the molecule is O=S(=O)(c1ccc(Sc2cccc3cccnc23)c2nonc12)N1CCC(O)CC1. The number of rotatable bonds is 4. The number of aromatic nitrogens is 3. The molecule has 2 aromatic carbocycles. The minimum Gasteiger partial charge on any atom is -0.393 e. The Labute approximate surface area is 176 Å². The van der Waals surface area contributed by atoms with Crippen LogP contribution >= 0.6 is 11.8 Å². The molecule has 2 aromatic heterocycles. The van der Waals surface area contributed by atoms with Crippen LogP contribution in [0.5, 0.6) is 0 Å². The van der Waals surface area contributed by atoms with Crippen LogP contribution in [0.4, 0.5) is 0 Å². The zero-order valence-corrected chi connectivity index (χ0v) is 17.4. The van der Waals surface area contributed by atoms with Gasteiger partial charge < -0.3 is 5.11 Å². The van der Waals surface area contributed by atoms with Gasteiger partial charge >= 0.3 is 0 Å². The largest absolute Gasteiger partial charge is 0.393 e. The summed E-state index contributed by atoms with van der Waals surface area (Å²) < 4.78 is 32.6. The van der Waals surface area contributed by atoms with Crippen molar-refractivity contribution in [2.45, 2.75) is 33.6 Å². The van der Waals surface area contributed by atoms with Crippen molar-refractivity contribution in [3.8, 4) is 0 Å². The number of nitrogens with zero attached hydrogens (tertiary/aromatic N) is 4. The quantitative estimate of drug-likeness (QED) is 0.514. The van der Waals surface area contributed by atoms with Crippen molar-refractivity contribution in [2.75, 3.05) is 13.1 Å². The number of fused-ring (bicyclic) bond motifs is 2. The molecular weight excluding hydrogens is 424 g/mol. The lowest BCUT2D eigenvalue weighted by Gasteiger charge is -2.28. The fraction of sp³-hybridized carbons (Fsp3) is 0.250. The van der Waals surface area contributed by atoms with E-state index in [1.54, 1.807) is 18.3 Å². The average molecular weight is 443 g/mol. The van der Waals surface area contributed by atoms with Gasteiger partial charge in [0, 0.05) is 34.5 Å². The van der Waals surface area contributed by atoms with Gasteiger partial charge in [-0.3, -0.25) is 4.98 Å². The topological polar surface area (TPSA) is 109 Å². The summed E-state index contributed by atoms with van der Waals surface area (Å²) in [6.45, 7) is 0.545. The molecule has 10 heteroatoms. The van der Waals surface area contributed by atoms with Gasteiger partial charge in [0.25, 0.3) is 0 Å². The molecule has 4 aromatic rings. The lowest BCUT2D eigenvalue weighted by Crippen LogP contribution is -2.40. The van der Waals surface area contributed by atoms with Gasteiger partial charge in [0.15, 0.2) is 11.0 Å². The first-order valence-electron chi connectivity index (χ1n) is 9.49. The first-order chi connectivity index (χ1) is 14.5. The summed E-state index contributed by atoms with van der Waals surface area (Å²) in [6.07, 6.45) is 2.12. The number of aliphatic hydroxyl groups is 1. The van der Waals surface area contributed by atoms with E-state index in [9.17, 15) is 13.5 Å². The molecule has 0 bridgehead atoms. The minimum absolute atomic E-state index is 0.0653. The Morgan fingerprint density at radius 3 is 2.53 bits per heavy atom. The van der Waals surface area contributed by atoms with Crippen LogP contribution in [0, 0.1) is 0 Å². The third-order valence-corrected chi connectivity index (χ3v) is 8.23. The lowest BCUT2D eigenvalue weighted by atomic mass is 10.1. The van der Waals surface area contributed by atoms with Gasteiger partial charge in [-0.05, 0) is 47.4 Å². The third-order valence-electron chi connectivity index (χ3n) is 5.20. The highest BCUT2D eigenvalue weighted by Crippen LogP contribution is 2.38. The number of sulfonamides is 1. The van der Waals surface area contributed by atoms with Gasteiger partial charge in [0.05, 0.1) is 11.6 Å². The van der Waals surface area contributed by atoms with E-state index < -0.39 is 16.1 Å². The molecule has 0 saturated carbocycles. The summed E-state index contributed by atoms with van der Waals surface area (Å²) >= 11 is 1.44. The molecular formula is C20H18N4O4S2. The van der Waals surface area contributed by atoms with Crippen molar-refractivity contribution < 1.29 is 18.2 Å². The molecule has 0 aliphatic carbocycles. The molecule has 8 nitrogen and oxygen atoms in total. The third kappa shape index (κ3) is 3.35. The second-order valence-electron chi connectivity index (χ2n) is 7.09. The van der Waals surface area contributed by atoms with Crippen molar-refractivity contribution in [2.24, 2.45) is 0 Å². The Morgan fingerprint density at radius 1 is 0.967 bits per heavy atom. The van der Waals surface area contributed by atoms with Crippen LogP contribution in [0.3, 0.4) is 0 Å². The van der Waals surface area contributed by atoms with Crippen LogP contribution in [0.1, 0.15) is 12.8 Å². The molecule has 1 fully saturated rings. The van der Waals surface area contributed by atoms with Crippen LogP contribution in [0.15, 0.2) is 68.0 Å². The average Bonchev–Trinajstić information content (AvgIpc) is 3.25. The maximum Gasteiger partial charge on any atom is 0.245 e. The Bertz CT molecular complexity index is 1330.